The van der Waals surface area contributed by atoms with Gasteiger partial charge in [0, 0.05) is 17.3 Å². The second-order valence-electron chi connectivity index (χ2n) is 6.46. The van der Waals surface area contributed by atoms with E-state index < -0.39 is 6.04 Å². The summed E-state index contributed by atoms with van der Waals surface area (Å²) in [7, 11) is 1.54. The van der Waals surface area contributed by atoms with Gasteiger partial charge in [-0.3, -0.25) is 9.69 Å². The van der Waals surface area contributed by atoms with E-state index in [4.69, 9.17) is 16.3 Å². The molecule has 6 nitrogen and oxygen atoms in total. The lowest BCUT2D eigenvalue weighted by Gasteiger charge is -2.35. The van der Waals surface area contributed by atoms with Gasteiger partial charge in [0.1, 0.15) is 5.75 Å². The SMILES string of the molecule is C=CCN1C(=O)N[C@@H](c2ccccc2Cl)C(C(=O)Nc2ccccc2OC)=C1C. The lowest BCUT2D eigenvalue weighted by atomic mass is 9.94. The number of urea groups is 1. The number of anilines is 1. The molecule has 0 unspecified atom stereocenters. The number of amides is 3. The third-order valence-electron chi connectivity index (χ3n) is 4.72. The van der Waals surface area contributed by atoms with Gasteiger partial charge in [-0.15, -0.1) is 6.58 Å². The molecule has 1 atom stereocenters. The quantitative estimate of drug-likeness (QED) is 0.687. The van der Waals surface area contributed by atoms with Crippen LogP contribution in [0, 0.1) is 0 Å². The van der Waals surface area contributed by atoms with Crippen LogP contribution in [-0.2, 0) is 4.79 Å². The first-order valence-electron chi connectivity index (χ1n) is 9.06. The van der Waals surface area contributed by atoms with Gasteiger partial charge in [-0.2, -0.15) is 0 Å². The van der Waals surface area contributed by atoms with E-state index >= 15 is 0 Å². The Labute approximate surface area is 174 Å². The molecule has 0 spiro atoms. The van der Waals surface area contributed by atoms with Crippen molar-refractivity contribution in [1.29, 1.82) is 0 Å². The largest absolute Gasteiger partial charge is 0.495 e. The predicted octanol–water partition coefficient (Wildman–Crippen LogP) is 4.51. The molecule has 0 fully saturated rings. The third-order valence-corrected chi connectivity index (χ3v) is 5.07. The molecule has 0 bridgehead atoms. The number of rotatable bonds is 6. The monoisotopic (exact) mass is 411 g/mol. The first-order chi connectivity index (χ1) is 14.0. The van der Waals surface area contributed by atoms with Crippen LogP contribution in [0.15, 0.2) is 72.5 Å². The van der Waals surface area contributed by atoms with E-state index in [1.807, 2.05) is 12.1 Å². The number of methoxy groups -OCH3 is 1. The Kier molecular flexibility index (Phi) is 6.24. The van der Waals surface area contributed by atoms with Crippen LogP contribution in [0.1, 0.15) is 18.5 Å². The number of hydrogen-bond acceptors (Lipinski definition) is 3. The van der Waals surface area contributed by atoms with Crippen molar-refractivity contribution in [3.05, 3.63) is 83.0 Å². The first-order valence-corrected chi connectivity index (χ1v) is 9.44. The Morgan fingerprint density at radius 2 is 1.97 bits per heavy atom. The topological polar surface area (TPSA) is 70.7 Å². The molecule has 7 heteroatoms. The van der Waals surface area contributed by atoms with E-state index in [0.717, 1.165) is 0 Å². The molecule has 3 rings (SSSR count). The molecular weight excluding hydrogens is 390 g/mol. The molecule has 1 aliphatic heterocycles. The summed E-state index contributed by atoms with van der Waals surface area (Å²) in [6.07, 6.45) is 1.61. The average molecular weight is 412 g/mol. The second-order valence-corrected chi connectivity index (χ2v) is 6.86. The number of benzene rings is 2. The van der Waals surface area contributed by atoms with Gasteiger partial charge in [0.05, 0.1) is 24.4 Å². The van der Waals surface area contributed by atoms with Crippen LogP contribution in [0.25, 0.3) is 0 Å². The number of nitrogens with one attached hydrogen (secondary N) is 2. The molecule has 29 heavy (non-hydrogen) atoms. The van der Waals surface area contributed by atoms with E-state index in [-0.39, 0.29) is 18.5 Å². The molecule has 2 aromatic carbocycles. The minimum absolute atomic E-state index is 0.276. The molecule has 0 aromatic heterocycles. The molecule has 3 amide bonds. The van der Waals surface area contributed by atoms with Crippen LogP contribution in [0.3, 0.4) is 0 Å². The first kappa shape index (κ1) is 20.5. The minimum Gasteiger partial charge on any atom is -0.495 e. The molecule has 0 aliphatic carbocycles. The highest BCUT2D eigenvalue weighted by atomic mass is 35.5. The second kappa shape index (κ2) is 8.84. The summed E-state index contributed by atoms with van der Waals surface area (Å²) in [6.45, 7) is 5.71. The van der Waals surface area contributed by atoms with E-state index in [9.17, 15) is 9.59 Å². The average Bonchev–Trinajstić information content (AvgIpc) is 2.71. The zero-order valence-corrected chi connectivity index (χ0v) is 17.0. The van der Waals surface area contributed by atoms with E-state index in [1.54, 1.807) is 49.4 Å². The van der Waals surface area contributed by atoms with Crippen LogP contribution in [0.4, 0.5) is 10.5 Å². The summed E-state index contributed by atoms with van der Waals surface area (Å²) in [4.78, 5) is 27.5. The van der Waals surface area contributed by atoms with Gasteiger partial charge in [0.15, 0.2) is 0 Å². The van der Waals surface area contributed by atoms with Crippen molar-refractivity contribution in [1.82, 2.24) is 10.2 Å². The lowest BCUT2D eigenvalue weighted by molar-refractivity contribution is -0.113. The number of carbonyl (C=O) groups excluding carboxylic acids is 2. The Bertz CT molecular complexity index is 987. The number of para-hydroxylation sites is 2. The Balaban J connectivity index is 2.07. The molecule has 1 aliphatic rings. The van der Waals surface area contributed by atoms with Crippen LogP contribution in [-0.4, -0.2) is 30.5 Å². The van der Waals surface area contributed by atoms with Gasteiger partial charge in [0.2, 0.25) is 0 Å². The highest BCUT2D eigenvalue weighted by Crippen LogP contribution is 2.35. The molecule has 0 saturated heterocycles. The summed E-state index contributed by atoms with van der Waals surface area (Å²) in [6, 6.07) is 13.3. The molecule has 2 aromatic rings. The molecule has 0 radical (unpaired) electrons. The highest BCUT2D eigenvalue weighted by molar-refractivity contribution is 6.31. The van der Waals surface area contributed by atoms with Crippen LogP contribution in [0.2, 0.25) is 5.02 Å². The summed E-state index contributed by atoms with van der Waals surface area (Å²) in [5.41, 5.74) is 2.10. The van der Waals surface area contributed by atoms with Crippen LogP contribution < -0.4 is 15.4 Å². The number of nitrogens with zero attached hydrogens (tertiary/aromatic N) is 1. The fraction of sp³-hybridized carbons (Fsp3) is 0.182. The van der Waals surface area contributed by atoms with Crippen molar-refractivity contribution in [3.63, 3.8) is 0 Å². The summed E-state index contributed by atoms with van der Waals surface area (Å²) in [5, 5.41) is 6.24. The van der Waals surface area contributed by atoms with Crippen molar-refractivity contribution in [2.75, 3.05) is 19.0 Å². The standard InChI is InChI=1S/C22H22ClN3O3/c1-4-13-26-14(2)19(21(27)24-17-11-7-8-12-18(17)29-3)20(25-22(26)28)15-9-5-6-10-16(15)23/h4-12,20H,1,13H2,2-3H3,(H,24,27)(H,25,28)/t20-/m0/s1. The van der Waals surface area contributed by atoms with Gasteiger partial charge in [-0.05, 0) is 30.7 Å². The summed E-state index contributed by atoms with van der Waals surface area (Å²) >= 11 is 6.37. The maximum Gasteiger partial charge on any atom is 0.322 e. The Morgan fingerprint density at radius 1 is 1.28 bits per heavy atom. The zero-order valence-electron chi connectivity index (χ0n) is 16.2. The molecule has 0 saturated carbocycles. The van der Waals surface area contributed by atoms with Crippen molar-refractivity contribution in [2.45, 2.75) is 13.0 Å². The van der Waals surface area contributed by atoms with Crippen molar-refractivity contribution in [3.8, 4) is 5.75 Å². The normalized spacial score (nSPS) is 16.3. The third kappa shape index (κ3) is 4.12. The van der Waals surface area contributed by atoms with Crippen molar-refractivity contribution < 1.29 is 14.3 Å². The summed E-state index contributed by atoms with van der Waals surface area (Å²) < 4.78 is 5.32. The van der Waals surface area contributed by atoms with Crippen molar-refractivity contribution >= 4 is 29.2 Å². The predicted molar refractivity (Wildman–Crippen MR) is 114 cm³/mol. The van der Waals surface area contributed by atoms with Gasteiger partial charge in [-0.25, -0.2) is 4.79 Å². The number of hydrogen-bond donors (Lipinski definition) is 2. The van der Waals surface area contributed by atoms with Crippen LogP contribution >= 0.6 is 11.6 Å². The Hall–Kier alpha value is -3.25. The molecule has 150 valence electrons. The number of ether oxygens (including phenoxy) is 1. The maximum absolute atomic E-state index is 13.3. The minimum atomic E-state index is -0.688. The zero-order chi connectivity index (χ0) is 21.0. The van der Waals surface area contributed by atoms with Gasteiger partial charge < -0.3 is 15.4 Å². The Morgan fingerprint density at radius 3 is 2.66 bits per heavy atom. The number of halogens is 1. The maximum atomic E-state index is 13.3. The van der Waals surface area contributed by atoms with E-state index in [1.165, 1.54) is 12.0 Å². The van der Waals surface area contributed by atoms with Gasteiger partial charge in [-0.1, -0.05) is 48.0 Å². The fourth-order valence-corrected chi connectivity index (χ4v) is 3.55. The summed E-state index contributed by atoms with van der Waals surface area (Å²) in [5.74, 6) is 0.183. The van der Waals surface area contributed by atoms with Gasteiger partial charge >= 0.3 is 6.03 Å². The van der Waals surface area contributed by atoms with Gasteiger partial charge in [0.25, 0.3) is 5.91 Å². The number of carbonyl (C=O) groups is 2. The van der Waals surface area contributed by atoms with E-state index in [2.05, 4.69) is 17.2 Å². The molecule has 1 heterocycles. The highest BCUT2D eigenvalue weighted by Gasteiger charge is 2.36. The fourth-order valence-electron chi connectivity index (χ4n) is 3.30. The van der Waals surface area contributed by atoms with Crippen molar-refractivity contribution in [2.24, 2.45) is 0 Å². The molecule has 2 N–H and O–H groups in total. The van der Waals surface area contributed by atoms with E-state index in [0.29, 0.717) is 33.3 Å². The smallest absolute Gasteiger partial charge is 0.322 e. The molecular formula is C22H22ClN3O3. The van der Waals surface area contributed by atoms with Crippen LogP contribution in [0.5, 0.6) is 5.75 Å². The number of allylic oxidation sites excluding steroid dienone is 1. The lowest BCUT2D eigenvalue weighted by Crippen LogP contribution is -2.48.